The van der Waals surface area contributed by atoms with Gasteiger partial charge in [-0.1, -0.05) is 36.4 Å². The Kier molecular flexibility index (Phi) is 3.94. The summed E-state index contributed by atoms with van der Waals surface area (Å²) in [6.45, 7) is 1.57. The van der Waals surface area contributed by atoms with Crippen LogP contribution in [-0.4, -0.2) is 18.9 Å². The van der Waals surface area contributed by atoms with Crippen molar-refractivity contribution in [3.63, 3.8) is 0 Å². The number of carbonyl (C=O) groups excluding carboxylic acids is 2. The lowest BCUT2D eigenvalue weighted by atomic mass is 9.93. The zero-order valence-corrected chi connectivity index (χ0v) is 13.0. The molecule has 0 amide bonds. The Morgan fingerprint density at radius 2 is 1.48 bits per heavy atom. The van der Waals surface area contributed by atoms with Gasteiger partial charge in [0, 0.05) is 5.56 Å². The zero-order chi connectivity index (χ0) is 16.4. The van der Waals surface area contributed by atoms with Gasteiger partial charge in [0.25, 0.3) is 0 Å². The van der Waals surface area contributed by atoms with Crippen LogP contribution in [0.5, 0.6) is 0 Å². The summed E-state index contributed by atoms with van der Waals surface area (Å²) in [6.07, 6.45) is 0. The van der Waals surface area contributed by atoms with E-state index in [1.165, 1.54) is 7.11 Å². The van der Waals surface area contributed by atoms with Crippen LogP contribution in [0, 0.1) is 0 Å². The lowest BCUT2D eigenvalue weighted by molar-refractivity contribution is 0.0600. The Balaban J connectivity index is 2.16. The lowest BCUT2D eigenvalue weighted by Crippen LogP contribution is -2.01. The zero-order valence-electron chi connectivity index (χ0n) is 13.0. The Bertz CT molecular complexity index is 892. The Hall–Kier alpha value is -2.94. The molecule has 114 valence electrons. The van der Waals surface area contributed by atoms with Crippen LogP contribution in [0.25, 0.3) is 21.9 Å². The molecule has 0 heterocycles. The normalized spacial score (nSPS) is 10.5. The first-order valence-corrected chi connectivity index (χ1v) is 7.32. The van der Waals surface area contributed by atoms with E-state index < -0.39 is 0 Å². The molecule has 3 heteroatoms. The minimum absolute atomic E-state index is 0.0165. The van der Waals surface area contributed by atoms with Gasteiger partial charge in [0.1, 0.15) is 0 Å². The van der Waals surface area contributed by atoms with Gasteiger partial charge in [0.2, 0.25) is 0 Å². The fourth-order valence-electron chi connectivity index (χ4n) is 2.67. The third kappa shape index (κ3) is 2.86. The van der Waals surface area contributed by atoms with Gasteiger partial charge in [-0.05, 0) is 53.1 Å². The molecule has 0 saturated heterocycles. The number of fused-ring (bicyclic) bond motifs is 1. The summed E-state index contributed by atoms with van der Waals surface area (Å²) in [4.78, 5) is 23.6. The molecular formula is C20H16O3. The predicted octanol–water partition coefficient (Wildman–Crippen LogP) is 4.50. The molecule has 0 saturated carbocycles. The maximum absolute atomic E-state index is 12.0. The van der Waals surface area contributed by atoms with E-state index in [-0.39, 0.29) is 11.8 Å². The molecule has 3 aromatic rings. The summed E-state index contributed by atoms with van der Waals surface area (Å²) in [5, 5.41) is 2.11. The molecule has 0 radical (unpaired) electrons. The van der Waals surface area contributed by atoms with Crippen molar-refractivity contribution in [1.82, 2.24) is 0 Å². The van der Waals surface area contributed by atoms with Crippen LogP contribution >= 0.6 is 0 Å². The van der Waals surface area contributed by atoms with E-state index >= 15 is 0 Å². The van der Waals surface area contributed by atoms with Gasteiger partial charge in [-0.2, -0.15) is 0 Å². The minimum atomic E-state index is -0.373. The number of benzene rings is 3. The number of ether oxygens (including phenoxy) is 1. The second-order valence-electron chi connectivity index (χ2n) is 5.37. The van der Waals surface area contributed by atoms with Crippen LogP contribution in [0.4, 0.5) is 0 Å². The number of carbonyl (C=O) groups is 2. The quantitative estimate of drug-likeness (QED) is 0.528. The van der Waals surface area contributed by atoms with Crippen molar-refractivity contribution >= 4 is 22.5 Å². The van der Waals surface area contributed by atoms with E-state index in [4.69, 9.17) is 4.74 Å². The average molecular weight is 304 g/mol. The molecule has 0 N–H and O–H groups in total. The molecule has 23 heavy (non-hydrogen) atoms. The standard InChI is InChI=1S/C20H16O3/c1-13(21)18-11-16-5-3-4-6-17(16)12-19(18)14-7-9-15(10-8-14)20(22)23-2/h3-12H,1-2H3. The number of hydrogen-bond donors (Lipinski definition) is 0. The van der Waals surface area contributed by atoms with Gasteiger partial charge in [-0.15, -0.1) is 0 Å². The first-order valence-electron chi connectivity index (χ1n) is 7.32. The average Bonchev–Trinajstić information content (AvgIpc) is 2.60. The first-order chi connectivity index (χ1) is 11.1. The minimum Gasteiger partial charge on any atom is -0.465 e. The van der Waals surface area contributed by atoms with E-state index in [1.54, 1.807) is 19.1 Å². The van der Waals surface area contributed by atoms with E-state index in [9.17, 15) is 9.59 Å². The van der Waals surface area contributed by atoms with Crippen molar-refractivity contribution in [3.05, 3.63) is 71.8 Å². The fraction of sp³-hybridized carbons (Fsp3) is 0.100. The van der Waals surface area contributed by atoms with Gasteiger partial charge in [0.05, 0.1) is 12.7 Å². The number of hydrogen-bond acceptors (Lipinski definition) is 3. The van der Waals surface area contributed by atoms with Gasteiger partial charge in [-0.25, -0.2) is 4.79 Å². The van der Waals surface area contributed by atoms with E-state index in [1.807, 2.05) is 48.5 Å². The Labute approximate surface area is 134 Å². The molecule has 0 aliphatic rings. The van der Waals surface area contributed by atoms with E-state index in [0.29, 0.717) is 11.1 Å². The lowest BCUT2D eigenvalue weighted by Gasteiger charge is -2.10. The van der Waals surface area contributed by atoms with Gasteiger partial charge < -0.3 is 4.74 Å². The number of Topliss-reactive ketones (excluding diaryl/α,β-unsaturated/α-hetero) is 1. The third-order valence-corrected chi connectivity index (χ3v) is 3.88. The maximum Gasteiger partial charge on any atom is 0.337 e. The smallest absolute Gasteiger partial charge is 0.337 e. The topological polar surface area (TPSA) is 43.4 Å². The van der Waals surface area contributed by atoms with Crippen molar-refractivity contribution in [2.75, 3.05) is 7.11 Å². The summed E-state index contributed by atoms with van der Waals surface area (Å²) < 4.78 is 4.71. The molecule has 3 aromatic carbocycles. The molecule has 0 aromatic heterocycles. The fourth-order valence-corrected chi connectivity index (χ4v) is 2.67. The number of ketones is 1. The van der Waals surface area contributed by atoms with Crippen molar-refractivity contribution in [2.24, 2.45) is 0 Å². The Morgan fingerprint density at radius 1 is 0.870 bits per heavy atom. The van der Waals surface area contributed by atoms with Gasteiger partial charge in [0.15, 0.2) is 5.78 Å². The molecule has 0 spiro atoms. The highest BCUT2D eigenvalue weighted by Gasteiger charge is 2.12. The van der Waals surface area contributed by atoms with Gasteiger partial charge in [-0.3, -0.25) is 4.79 Å². The first kappa shape index (κ1) is 15.0. The summed E-state index contributed by atoms with van der Waals surface area (Å²) >= 11 is 0. The second kappa shape index (κ2) is 6.05. The summed E-state index contributed by atoms with van der Waals surface area (Å²) in [7, 11) is 1.35. The molecule has 3 rings (SSSR count). The predicted molar refractivity (Wildman–Crippen MR) is 90.7 cm³/mol. The molecule has 0 atom stereocenters. The van der Waals surface area contributed by atoms with Crippen LogP contribution in [0.2, 0.25) is 0 Å². The third-order valence-electron chi connectivity index (χ3n) is 3.88. The molecular weight excluding hydrogens is 288 g/mol. The molecule has 0 unspecified atom stereocenters. The van der Waals surface area contributed by atoms with Crippen LogP contribution in [-0.2, 0) is 4.74 Å². The van der Waals surface area contributed by atoms with Gasteiger partial charge >= 0.3 is 5.97 Å². The van der Waals surface area contributed by atoms with Crippen molar-refractivity contribution in [2.45, 2.75) is 6.92 Å². The largest absolute Gasteiger partial charge is 0.465 e. The Morgan fingerprint density at radius 3 is 2.04 bits per heavy atom. The summed E-state index contributed by atoms with van der Waals surface area (Å²) in [6, 6.07) is 19.0. The van der Waals surface area contributed by atoms with Crippen molar-refractivity contribution < 1.29 is 14.3 Å². The molecule has 0 fully saturated rings. The summed E-state index contributed by atoms with van der Waals surface area (Å²) in [5.41, 5.74) is 2.93. The summed E-state index contributed by atoms with van der Waals surface area (Å²) in [5.74, 6) is -0.357. The van der Waals surface area contributed by atoms with E-state index in [0.717, 1.165) is 21.9 Å². The highest BCUT2D eigenvalue weighted by Crippen LogP contribution is 2.29. The highest BCUT2D eigenvalue weighted by molar-refractivity contribution is 6.05. The van der Waals surface area contributed by atoms with Crippen molar-refractivity contribution in [3.8, 4) is 11.1 Å². The van der Waals surface area contributed by atoms with E-state index in [2.05, 4.69) is 0 Å². The van der Waals surface area contributed by atoms with Crippen LogP contribution in [0.1, 0.15) is 27.6 Å². The van der Waals surface area contributed by atoms with Crippen LogP contribution in [0.3, 0.4) is 0 Å². The SMILES string of the molecule is COC(=O)c1ccc(-c2cc3ccccc3cc2C(C)=O)cc1. The maximum atomic E-state index is 12.0. The monoisotopic (exact) mass is 304 g/mol. The van der Waals surface area contributed by atoms with Crippen molar-refractivity contribution in [1.29, 1.82) is 0 Å². The molecule has 0 aliphatic carbocycles. The molecule has 0 aliphatic heterocycles. The molecule has 0 bridgehead atoms. The highest BCUT2D eigenvalue weighted by atomic mass is 16.5. The molecule has 3 nitrogen and oxygen atoms in total. The van der Waals surface area contributed by atoms with Crippen LogP contribution in [0.15, 0.2) is 60.7 Å². The number of rotatable bonds is 3. The number of methoxy groups -OCH3 is 1. The van der Waals surface area contributed by atoms with Crippen LogP contribution < -0.4 is 0 Å². The number of esters is 1. The second-order valence-corrected chi connectivity index (χ2v) is 5.37.